The molecule has 1 saturated heterocycles. The van der Waals surface area contributed by atoms with E-state index < -0.39 is 0 Å². The molecule has 20 heavy (non-hydrogen) atoms. The first-order valence-corrected chi connectivity index (χ1v) is 7.74. The molecule has 1 aromatic rings. The summed E-state index contributed by atoms with van der Waals surface area (Å²) in [7, 11) is 1.80. The molecule has 0 spiro atoms. The first-order valence-electron chi connectivity index (χ1n) is 7.74. The van der Waals surface area contributed by atoms with Crippen LogP contribution in [-0.2, 0) is 4.74 Å². The van der Waals surface area contributed by atoms with Gasteiger partial charge in [0.1, 0.15) is 0 Å². The highest BCUT2D eigenvalue weighted by Crippen LogP contribution is 2.26. The van der Waals surface area contributed by atoms with Gasteiger partial charge in [-0.3, -0.25) is 4.90 Å². The van der Waals surface area contributed by atoms with Crippen molar-refractivity contribution in [1.82, 2.24) is 4.90 Å². The van der Waals surface area contributed by atoms with Gasteiger partial charge in [-0.25, -0.2) is 0 Å². The van der Waals surface area contributed by atoms with Crippen molar-refractivity contribution >= 4 is 0 Å². The lowest BCUT2D eigenvalue weighted by Gasteiger charge is -2.39. The minimum Gasteiger partial charge on any atom is -0.384 e. The van der Waals surface area contributed by atoms with Crippen molar-refractivity contribution in [3.05, 3.63) is 35.9 Å². The quantitative estimate of drug-likeness (QED) is 0.867. The third-order valence-corrected chi connectivity index (χ3v) is 4.66. The molecule has 2 N–H and O–H groups in total. The molecule has 1 heterocycles. The summed E-state index contributed by atoms with van der Waals surface area (Å²) in [6, 6.07) is 11.2. The Hall–Kier alpha value is -0.900. The Kier molecular flexibility index (Phi) is 6.02. The van der Waals surface area contributed by atoms with Gasteiger partial charge in [-0.2, -0.15) is 0 Å². The van der Waals surface area contributed by atoms with Gasteiger partial charge in [-0.15, -0.1) is 0 Å². The minimum atomic E-state index is 0.445. The zero-order valence-corrected chi connectivity index (χ0v) is 12.8. The van der Waals surface area contributed by atoms with Crippen LogP contribution >= 0.6 is 0 Å². The fourth-order valence-electron chi connectivity index (χ4n) is 3.34. The molecule has 2 atom stereocenters. The largest absolute Gasteiger partial charge is 0.384 e. The summed E-state index contributed by atoms with van der Waals surface area (Å²) in [5.74, 6) is 1.21. The molecule has 1 fully saturated rings. The molecule has 2 unspecified atom stereocenters. The summed E-state index contributed by atoms with van der Waals surface area (Å²) < 4.78 is 5.28. The van der Waals surface area contributed by atoms with Crippen LogP contribution in [0.5, 0.6) is 0 Å². The molecule has 0 aliphatic carbocycles. The van der Waals surface area contributed by atoms with Gasteiger partial charge in [-0.05, 0) is 43.3 Å². The molecular formula is C17H28N2O. The number of likely N-dealkylation sites (tertiary alicyclic amines) is 1. The maximum Gasteiger partial charge on any atom is 0.0491 e. The van der Waals surface area contributed by atoms with Crippen LogP contribution in [0.15, 0.2) is 30.3 Å². The van der Waals surface area contributed by atoms with Crippen molar-refractivity contribution in [2.24, 2.45) is 11.7 Å². The van der Waals surface area contributed by atoms with Crippen molar-refractivity contribution in [3.63, 3.8) is 0 Å². The van der Waals surface area contributed by atoms with Crippen LogP contribution in [0.2, 0.25) is 0 Å². The Balaban J connectivity index is 1.95. The van der Waals surface area contributed by atoms with Crippen LogP contribution in [0.1, 0.15) is 31.2 Å². The van der Waals surface area contributed by atoms with Gasteiger partial charge in [0.25, 0.3) is 0 Å². The lowest BCUT2D eigenvalue weighted by molar-refractivity contribution is 0.0754. The highest BCUT2D eigenvalue weighted by molar-refractivity contribution is 5.20. The van der Waals surface area contributed by atoms with E-state index in [-0.39, 0.29) is 0 Å². The number of nitrogens with zero attached hydrogens (tertiary/aromatic N) is 1. The second-order valence-electron chi connectivity index (χ2n) is 5.94. The van der Waals surface area contributed by atoms with Crippen molar-refractivity contribution < 1.29 is 4.74 Å². The third kappa shape index (κ3) is 3.81. The third-order valence-electron chi connectivity index (χ3n) is 4.66. The van der Waals surface area contributed by atoms with Gasteiger partial charge >= 0.3 is 0 Å². The lowest BCUT2D eigenvalue weighted by atomic mass is 9.89. The van der Waals surface area contributed by atoms with Crippen LogP contribution in [-0.4, -0.2) is 44.3 Å². The molecule has 0 amide bonds. The molecular weight excluding hydrogens is 248 g/mol. The number of rotatable bonds is 6. The lowest BCUT2D eigenvalue weighted by Crippen LogP contribution is -2.48. The summed E-state index contributed by atoms with van der Waals surface area (Å²) in [6.07, 6.45) is 2.46. The van der Waals surface area contributed by atoms with Crippen molar-refractivity contribution in [2.45, 2.75) is 31.7 Å². The van der Waals surface area contributed by atoms with Crippen LogP contribution in [0.3, 0.4) is 0 Å². The van der Waals surface area contributed by atoms with Gasteiger partial charge < -0.3 is 10.5 Å². The van der Waals surface area contributed by atoms with E-state index in [1.807, 2.05) is 0 Å². The molecule has 0 saturated carbocycles. The smallest absolute Gasteiger partial charge is 0.0491 e. The van der Waals surface area contributed by atoms with Crippen LogP contribution < -0.4 is 5.73 Å². The van der Waals surface area contributed by atoms with Gasteiger partial charge in [-0.1, -0.05) is 37.3 Å². The topological polar surface area (TPSA) is 38.5 Å². The maximum atomic E-state index is 6.07. The summed E-state index contributed by atoms with van der Waals surface area (Å²) in [6.45, 7) is 6.22. The standard InChI is InChI=1S/C17H28N2O/c1-14(16-6-4-3-5-7-16)17(12-18)19-10-8-15(9-11-19)13-20-2/h3-7,14-15,17H,8-13,18H2,1-2H3. The van der Waals surface area contributed by atoms with Crippen molar-refractivity contribution in [2.75, 3.05) is 33.4 Å². The Labute approximate surface area is 123 Å². The first kappa shape index (κ1) is 15.5. The highest BCUT2D eigenvalue weighted by atomic mass is 16.5. The molecule has 1 aromatic carbocycles. The second-order valence-corrected chi connectivity index (χ2v) is 5.94. The molecule has 0 radical (unpaired) electrons. The molecule has 0 aromatic heterocycles. The Morgan fingerprint density at radius 3 is 2.45 bits per heavy atom. The molecule has 1 aliphatic heterocycles. The predicted molar refractivity (Wildman–Crippen MR) is 83.9 cm³/mol. The van der Waals surface area contributed by atoms with E-state index in [0.717, 1.165) is 32.2 Å². The summed E-state index contributed by atoms with van der Waals surface area (Å²) >= 11 is 0. The van der Waals surface area contributed by atoms with E-state index in [1.54, 1.807) is 7.11 Å². The number of nitrogens with two attached hydrogens (primary N) is 1. The van der Waals surface area contributed by atoms with Gasteiger partial charge in [0, 0.05) is 26.3 Å². The number of benzene rings is 1. The van der Waals surface area contributed by atoms with E-state index >= 15 is 0 Å². The van der Waals surface area contributed by atoms with E-state index in [1.165, 1.54) is 18.4 Å². The molecule has 3 nitrogen and oxygen atoms in total. The fraction of sp³-hybridized carbons (Fsp3) is 0.647. The second kappa shape index (κ2) is 7.77. The number of methoxy groups -OCH3 is 1. The number of ether oxygens (including phenoxy) is 1. The van der Waals surface area contributed by atoms with E-state index in [2.05, 4.69) is 42.2 Å². The van der Waals surface area contributed by atoms with E-state index in [4.69, 9.17) is 10.5 Å². The Morgan fingerprint density at radius 1 is 1.25 bits per heavy atom. The predicted octanol–water partition coefficient (Wildman–Crippen LogP) is 2.48. The van der Waals surface area contributed by atoms with Crippen LogP contribution in [0.25, 0.3) is 0 Å². The number of hydrogen-bond donors (Lipinski definition) is 1. The first-order chi connectivity index (χ1) is 9.76. The van der Waals surface area contributed by atoms with Crippen LogP contribution in [0.4, 0.5) is 0 Å². The zero-order chi connectivity index (χ0) is 14.4. The van der Waals surface area contributed by atoms with Crippen molar-refractivity contribution in [3.8, 4) is 0 Å². The van der Waals surface area contributed by atoms with Crippen LogP contribution in [0, 0.1) is 5.92 Å². The van der Waals surface area contributed by atoms with Gasteiger partial charge in [0.05, 0.1) is 0 Å². The maximum absolute atomic E-state index is 6.07. The number of piperidine rings is 1. The highest BCUT2D eigenvalue weighted by Gasteiger charge is 2.28. The van der Waals surface area contributed by atoms with E-state index in [0.29, 0.717) is 12.0 Å². The molecule has 0 bridgehead atoms. The summed E-state index contributed by atoms with van der Waals surface area (Å²) in [5, 5.41) is 0. The Bertz CT molecular complexity index is 374. The Morgan fingerprint density at radius 2 is 1.90 bits per heavy atom. The number of hydrogen-bond acceptors (Lipinski definition) is 3. The monoisotopic (exact) mass is 276 g/mol. The van der Waals surface area contributed by atoms with Gasteiger partial charge in [0.15, 0.2) is 0 Å². The normalized spacial score (nSPS) is 20.8. The molecule has 2 rings (SSSR count). The minimum absolute atomic E-state index is 0.445. The van der Waals surface area contributed by atoms with Crippen molar-refractivity contribution in [1.29, 1.82) is 0 Å². The zero-order valence-electron chi connectivity index (χ0n) is 12.8. The fourth-order valence-corrected chi connectivity index (χ4v) is 3.34. The van der Waals surface area contributed by atoms with E-state index in [9.17, 15) is 0 Å². The molecule has 3 heteroatoms. The average molecular weight is 276 g/mol. The summed E-state index contributed by atoms with van der Waals surface area (Å²) in [5.41, 5.74) is 7.46. The SMILES string of the molecule is COCC1CCN(C(CN)C(C)c2ccccc2)CC1. The molecule has 112 valence electrons. The van der Waals surface area contributed by atoms with Gasteiger partial charge in [0.2, 0.25) is 0 Å². The average Bonchev–Trinajstić information content (AvgIpc) is 2.51. The molecule has 1 aliphatic rings. The summed E-state index contributed by atoms with van der Waals surface area (Å²) in [4.78, 5) is 2.57.